The first-order chi connectivity index (χ1) is 9.52. The summed E-state index contributed by atoms with van der Waals surface area (Å²) in [7, 11) is 0. The summed E-state index contributed by atoms with van der Waals surface area (Å²) in [6, 6.07) is 3.27. The number of pyridine rings is 1. The minimum atomic E-state index is -0.401. The van der Waals surface area contributed by atoms with Crippen LogP contribution in [-0.4, -0.2) is 35.9 Å². The second-order valence-corrected chi connectivity index (χ2v) is 4.34. The summed E-state index contributed by atoms with van der Waals surface area (Å²) in [6.45, 7) is 3.89. The molecule has 0 bridgehead atoms. The number of amides is 2. The van der Waals surface area contributed by atoms with Gasteiger partial charge >= 0.3 is 0 Å². The van der Waals surface area contributed by atoms with Crippen LogP contribution >= 0.6 is 0 Å². The van der Waals surface area contributed by atoms with E-state index in [1.165, 1.54) is 6.20 Å². The van der Waals surface area contributed by atoms with E-state index in [4.69, 9.17) is 5.73 Å². The Labute approximate surface area is 118 Å². The molecule has 0 aliphatic rings. The Hall–Kier alpha value is -2.39. The number of nitrogens with zero attached hydrogens (tertiary/aromatic N) is 1. The molecule has 0 saturated carbocycles. The Morgan fingerprint density at radius 2 is 2.15 bits per heavy atom. The zero-order valence-corrected chi connectivity index (χ0v) is 11.6. The van der Waals surface area contributed by atoms with Crippen LogP contribution in [0, 0.1) is 11.8 Å². The van der Waals surface area contributed by atoms with Crippen molar-refractivity contribution in [3.05, 3.63) is 29.6 Å². The topological polar surface area (TPSA) is 97.1 Å². The number of nitrogens with one attached hydrogen (secondary N) is 2. The van der Waals surface area contributed by atoms with Gasteiger partial charge in [-0.05, 0) is 26.0 Å². The quantitative estimate of drug-likeness (QED) is 0.654. The van der Waals surface area contributed by atoms with Crippen molar-refractivity contribution in [3.8, 4) is 11.8 Å². The first kappa shape index (κ1) is 15.7. The van der Waals surface area contributed by atoms with Crippen molar-refractivity contribution >= 4 is 11.8 Å². The van der Waals surface area contributed by atoms with Gasteiger partial charge in [-0.1, -0.05) is 11.8 Å². The molecule has 0 spiro atoms. The van der Waals surface area contributed by atoms with E-state index in [9.17, 15) is 9.59 Å². The molecule has 1 aromatic rings. The lowest BCUT2D eigenvalue weighted by Gasteiger charge is -2.08. The lowest BCUT2D eigenvalue weighted by atomic mass is 10.2. The van der Waals surface area contributed by atoms with Gasteiger partial charge in [0.05, 0.1) is 13.1 Å². The normalized spacial score (nSPS) is 9.60. The molecule has 2 amide bonds. The third-order valence-electron chi connectivity index (χ3n) is 2.19. The molecule has 0 aliphatic heterocycles. The van der Waals surface area contributed by atoms with E-state index in [1.54, 1.807) is 12.1 Å². The van der Waals surface area contributed by atoms with Crippen LogP contribution in [0.25, 0.3) is 0 Å². The van der Waals surface area contributed by atoms with Gasteiger partial charge in [0.25, 0.3) is 5.91 Å². The zero-order chi connectivity index (χ0) is 15.0. The summed E-state index contributed by atoms with van der Waals surface area (Å²) >= 11 is 0. The highest BCUT2D eigenvalue weighted by Crippen LogP contribution is 1.98. The van der Waals surface area contributed by atoms with Gasteiger partial charge in [-0.25, -0.2) is 4.98 Å². The summed E-state index contributed by atoms with van der Waals surface area (Å²) in [4.78, 5) is 27.1. The van der Waals surface area contributed by atoms with Gasteiger partial charge in [-0.2, -0.15) is 0 Å². The lowest BCUT2D eigenvalue weighted by Crippen LogP contribution is -2.40. The number of carbonyl (C=O) groups excluding carboxylic acids is 2. The average Bonchev–Trinajstić information content (AvgIpc) is 2.42. The van der Waals surface area contributed by atoms with Crippen molar-refractivity contribution in [3.63, 3.8) is 0 Å². The van der Waals surface area contributed by atoms with Crippen LogP contribution in [-0.2, 0) is 4.79 Å². The summed E-state index contributed by atoms with van der Waals surface area (Å²) in [5.41, 5.74) is 6.18. The van der Waals surface area contributed by atoms with Gasteiger partial charge in [0, 0.05) is 17.8 Å². The number of hydrogen-bond acceptors (Lipinski definition) is 4. The number of carbonyl (C=O) groups is 2. The van der Waals surface area contributed by atoms with E-state index in [0.717, 1.165) is 0 Å². The Bertz CT molecular complexity index is 526. The van der Waals surface area contributed by atoms with Crippen LogP contribution in [0.2, 0.25) is 0 Å². The van der Waals surface area contributed by atoms with Crippen molar-refractivity contribution < 1.29 is 9.59 Å². The molecule has 1 rings (SSSR count). The molecule has 20 heavy (non-hydrogen) atoms. The predicted octanol–water partition coefficient (Wildman–Crippen LogP) is -0.354. The molecule has 6 heteroatoms. The Morgan fingerprint density at radius 3 is 2.70 bits per heavy atom. The maximum absolute atomic E-state index is 11.8. The highest BCUT2D eigenvalue weighted by molar-refractivity contribution is 5.94. The fourth-order valence-corrected chi connectivity index (χ4v) is 1.38. The molecule has 0 fully saturated rings. The van der Waals surface area contributed by atoms with Gasteiger partial charge in [0.2, 0.25) is 5.91 Å². The van der Waals surface area contributed by atoms with E-state index >= 15 is 0 Å². The lowest BCUT2D eigenvalue weighted by molar-refractivity contribution is -0.120. The molecular weight excluding hydrogens is 256 g/mol. The van der Waals surface area contributed by atoms with E-state index in [1.807, 2.05) is 13.8 Å². The molecule has 1 aromatic heterocycles. The van der Waals surface area contributed by atoms with Crippen molar-refractivity contribution in [2.45, 2.75) is 19.9 Å². The van der Waals surface area contributed by atoms with Crippen molar-refractivity contribution in [2.24, 2.45) is 5.73 Å². The molecule has 106 valence electrons. The van der Waals surface area contributed by atoms with Crippen LogP contribution in [0.1, 0.15) is 29.9 Å². The standard InChI is InChI=1S/C14H18N4O2/c1-10(2)18-13(19)9-17-14(20)12-6-5-11(8-16-12)4-3-7-15/h5-6,8,10H,7,9,15H2,1-2H3,(H,17,20)(H,18,19). The molecule has 0 aromatic carbocycles. The molecule has 0 unspecified atom stereocenters. The smallest absolute Gasteiger partial charge is 0.270 e. The van der Waals surface area contributed by atoms with Crippen LogP contribution in [0.15, 0.2) is 18.3 Å². The summed E-state index contributed by atoms with van der Waals surface area (Å²) in [6.07, 6.45) is 1.49. The third-order valence-corrected chi connectivity index (χ3v) is 2.19. The average molecular weight is 274 g/mol. The predicted molar refractivity (Wildman–Crippen MR) is 75.8 cm³/mol. The van der Waals surface area contributed by atoms with E-state index in [0.29, 0.717) is 5.56 Å². The summed E-state index contributed by atoms with van der Waals surface area (Å²) in [5, 5.41) is 5.17. The summed E-state index contributed by atoms with van der Waals surface area (Å²) in [5.74, 6) is 4.87. The van der Waals surface area contributed by atoms with E-state index in [2.05, 4.69) is 27.5 Å². The molecule has 0 atom stereocenters. The fourth-order valence-electron chi connectivity index (χ4n) is 1.38. The third kappa shape index (κ3) is 5.50. The van der Waals surface area contributed by atoms with Crippen LogP contribution in [0.4, 0.5) is 0 Å². The molecule has 4 N–H and O–H groups in total. The first-order valence-corrected chi connectivity index (χ1v) is 6.25. The number of hydrogen-bond donors (Lipinski definition) is 3. The zero-order valence-electron chi connectivity index (χ0n) is 11.6. The van der Waals surface area contributed by atoms with E-state index in [-0.39, 0.29) is 30.7 Å². The van der Waals surface area contributed by atoms with Crippen LogP contribution < -0.4 is 16.4 Å². The van der Waals surface area contributed by atoms with Gasteiger partial charge in [0.1, 0.15) is 5.69 Å². The van der Waals surface area contributed by atoms with Gasteiger partial charge in [-0.15, -0.1) is 0 Å². The monoisotopic (exact) mass is 274 g/mol. The molecular formula is C14H18N4O2. The molecule has 1 heterocycles. The summed E-state index contributed by atoms with van der Waals surface area (Å²) < 4.78 is 0. The van der Waals surface area contributed by atoms with Crippen LogP contribution in [0.3, 0.4) is 0 Å². The van der Waals surface area contributed by atoms with Crippen molar-refractivity contribution in [1.82, 2.24) is 15.6 Å². The first-order valence-electron chi connectivity index (χ1n) is 6.25. The molecule has 0 saturated heterocycles. The molecule has 6 nitrogen and oxygen atoms in total. The fraction of sp³-hybridized carbons (Fsp3) is 0.357. The second-order valence-electron chi connectivity index (χ2n) is 4.34. The Kier molecular flexibility index (Phi) is 6.20. The Balaban J connectivity index is 2.53. The molecule has 0 radical (unpaired) electrons. The van der Waals surface area contributed by atoms with Crippen molar-refractivity contribution in [2.75, 3.05) is 13.1 Å². The second kappa shape index (κ2) is 7.92. The highest BCUT2D eigenvalue weighted by Gasteiger charge is 2.09. The maximum Gasteiger partial charge on any atom is 0.270 e. The SMILES string of the molecule is CC(C)NC(=O)CNC(=O)c1ccc(C#CCN)cn1. The van der Waals surface area contributed by atoms with Gasteiger partial charge in [0.15, 0.2) is 0 Å². The van der Waals surface area contributed by atoms with Gasteiger partial charge < -0.3 is 16.4 Å². The highest BCUT2D eigenvalue weighted by atomic mass is 16.2. The van der Waals surface area contributed by atoms with E-state index < -0.39 is 5.91 Å². The van der Waals surface area contributed by atoms with Gasteiger partial charge in [-0.3, -0.25) is 9.59 Å². The molecule has 0 aliphatic carbocycles. The largest absolute Gasteiger partial charge is 0.352 e. The van der Waals surface area contributed by atoms with Crippen molar-refractivity contribution in [1.29, 1.82) is 0 Å². The number of rotatable bonds is 4. The number of nitrogens with two attached hydrogens (primary N) is 1. The van der Waals surface area contributed by atoms with Crippen LogP contribution in [0.5, 0.6) is 0 Å². The minimum Gasteiger partial charge on any atom is -0.352 e. The number of aromatic nitrogens is 1. The maximum atomic E-state index is 11.8. The minimum absolute atomic E-state index is 0.0398. The Morgan fingerprint density at radius 1 is 1.40 bits per heavy atom.